The van der Waals surface area contributed by atoms with Crippen molar-refractivity contribution in [2.24, 2.45) is 0 Å². The molecule has 0 aromatic carbocycles. The van der Waals surface area contributed by atoms with Crippen LogP contribution in [-0.2, 0) is 4.74 Å². The number of hydrogen-bond acceptors (Lipinski definition) is 3. The molecule has 0 amide bonds. The lowest BCUT2D eigenvalue weighted by molar-refractivity contribution is 0.199. The average molecular weight is 229 g/mol. The van der Waals surface area contributed by atoms with Gasteiger partial charge in [0, 0.05) is 26.9 Å². The fourth-order valence-electron chi connectivity index (χ4n) is 1.35. The van der Waals surface area contributed by atoms with Crippen molar-refractivity contribution in [3.63, 3.8) is 0 Å². The Kier molecular flexibility index (Phi) is 4.85. The Bertz CT molecular complexity index is 306. The maximum Gasteiger partial charge on any atom is 0.128 e. The van der Waals surface area contributed by atoms with Gasteiger partial charge in [-0.1, -0.05) is 0 Å². The van der Waals surface area contributed by atoms with E-state index in [0.29, 0.717) is 6.61 Å². The van der Waals surface area contributed by atoms with Crippen molar-refractivity contribution in [3.05, 3.63) is 23.9 Å². The fraction of sp³-hybridized carbons (Fsp3) is 0.545. The summed E-state index contributed by atoms with van der Waals surface area (Å²) in [7, 11) is 3.63. The van der Waals surface area contributed by atoms with Gasteiger partial charge in [0.1, 0.15) is 5.82 Å². The third-order valence-corrected chi connectivity index (χ3v) is 2.38. The minimum Gasteiger partial charge on any atom is -0.383 e. The number of nitrogens with zero attached hydrogens (tertiary/aromatic N) is 2. The van der Waals surface area contributed by atoms with Gasteiger partial charge in [-0.15, -0.1) is 11.6 Å². The van der Waals surface area contributed by atoms with Crippen LogP contribution in [0.3, 0.4) is 0 Å². The van der Waals surface area contributed by atoms with E-state index in [4.69, 9.17) is 16.3 Å². The number of aromatic nitrogens is 1. The molecule has 0 N–H and O–H groups in total. The summed E-state index contributed by atoms with van der Waals surface area (Å²) in [5, 5.41) is -0.0117. The summed E-state index contributed by atoms with van der Waals surface area (Å²) in [5.41, 5.74) is 1.20. The van der Waals surface area contributed by atoms with Gasteiger partial charge in [-0.25, -0.2) is 4.98 Å². The van der Waals surface area contributed by atoms with Crippen LogP contribution in [0.25, 0.3) is 0 Å². The summed E-state index contributed by atoms with van der Waals surface area (Å²) in [5.74, 6) is 0.941. The van der Waals surface area contributed by atoms with Crippen LogP contribution in [0.4, 0.5) is 5.82 Å². The normalized spacial score (nSPS) is 12.5. The van der Waals surface area contributed by atoms with E-state index >= 15 is 0 Å². The Labute approximate surface area is 96.0 Å². The maximum atomic E-state index is 6.07. The standard InChI is InChI=1S/C11H17ClN2O/c1-9-4-5-13-11(6-9)14(2)7-10(12)8-15-3/h4-6,10H,7-8H2,1-3H3. The van der Waals surface area contributed by atoms with E-state index in [1.54, 1.807) is 13.3 Å². The lowest BCUT2D eigenvalue weighted by Crippen LogP contribution is -2.29. The summed E-state index contributed by atoms with van der Waals surface area (Å²) >= 11 is 6.07. The first kappa shape index (κ1) is 12.3. The minimum atomic E-state index is -0.0117. The summed E-state index contributed by atoms with van der Waals surface area (Å²) in [6.07, 6.45) is 1.81. The van der Waals surface area contributed by atoms with E-state index in [1.807, 2.05) is 31.0 Å². The zero-order valence-electron chi connectivity index (χ0n) is 9.40. The molecular formula is C11H17ClN2O. The van der Waals surface area contributed by atoms with Crippen molar-refractivity contribution in [1.29, 1.82) is 0 Å². The first-order valence-corrected chi connectivity index (χ1v) is 5.34. The van der Waals surface area contributed by atoms with Crippen molar-refractivity contribution in [2.45, 2.75) is 12.3 Å². The zero-order valence-corrected chi connectivity index (χ0v) is 10.2. The smallest absolute Gasteiger partial charge is 0.128 e. The highest BCUT2D eigenvalue weighted by molar-refractivity contribution is 6.21. The molecule has 0 bridgehead atoms. The number of hydrogen-bond donors (Lipinski definition) is 0. The van der Waals surface area contributed by atoms with Gasteiger partial charge >= 0.3 is 0 Å². The van der Waals surface area contributed by atoms with E-state index < -0.39 is 0 Å². The molecule has 1 unspecified atom stereocenters. The number of anilines is 1. The number of pyridine rings is 1. The highest BCUT2D eigenvalue weighted by Gasteiger charge is 2.09. The third-order valence-electron chi connectivity index (χ3n) is 2.11. The number of halogens is 1. The lowest BCUT2D eigenvalue weighted by atomic mass is 10.3. The Morgan fingerprint density at radius 2 is 2.33 bits per heavy atom. The Balaban J connectivity index is 2.56. The summed E-state index contributed by atoms with van der Waals surface area (Å²) < 4.78 is 4.99. The van der Waals surface area contributed by atoms with E-state index in [2.05, 4.69) is 4.98 Å². The topological polar surface area (TPSA) is 25.4 Å². The van der Waals surface area contributed by atoms with Crippen LogP contribution >= 0.6 is 11.6 Å². The SMILES string of the molecule is COCC(Cl)CN(C)c1cc(C)ccn1. The molecule has 84 valence electrons. The number of rotatable bonds is 5. The Morgan fingerprint density at radius 3 is 2.93 bits per heavy atom. The zero-order chi connectivity index (χ0) is 11.3. The number of methoxy groups -OCH3 is 1. The Hall–Kier alpha value is -0.800. The predicted octanol–water partition coefficient (Wildman–Crippen LogP) is 2.08. The van der Waals surface area contributed by atoms with Gasteiger partial charge in [0.05, 0.1) is 12.0 Å². The van der Waals surface area contributed by atoms with Gasteiger partial charge < -0.3 is 9.64 Å². The second-order valence-electron chi connectivity index (χ2n) is 3.62. The number of alkyl halides is 1. The van der Waals surface area contributed by atoms with Crippen LogP contribution in [-0.4, -0.2) is 37.7 Å². The quantitative estimate of drug-likeness (QED) is 0.722. The summed E-state index contributed by atoms with van der Waals surface area (Å²) in [4.78, 5) is 6.31. The molecule has 0 aliphatic carbocycles. The molecule has 0 spiro atoms. The molecule has 1 heterocycles. The number of ether oxygens (including phenoxy) is 1. The number of aryl methyl sites for hydroxylation is 1. The van der Waals surface area contributed by atoms with Gasteiger partial charge in [-0.05, 0) is 24.6 Å². The van der Waals surface area contributed by atoms with Crippen molar-refractivity contribution >= 4 is 17.4 Å². The van der Waals surface area contributed by atoms with Crippen molar-refractivity contribution in [2.75, 3.05) is 32.2 Å². The molecule has 0 aliphatic heterocycles. The molecule has 0 radical (unpaired) electrons. The van der Waals surface area contributed by atoms with Gasteiger partial charge in [-0.3, -0.25) is 0 Å². The van der Waals surface area contributed by atoms with Gasteiger partial charge in [0.25, 0.3) is 0 Å². The van der Waals surface area contributed by atoms with Crippen LogP contribution < -0.4 is 4.90 Å². The van der Waals surface area contributed by atoms with Crippen LogP contribution in [0.15, 0.2) is 18.3 Å². The highest BCUT2D eigenvalue weighted by atomic mass is 35.5. The average Bonchev–Trinajstić information content (AvgIpc) is 2.18. The molecule has 3 nitrogen and oxygen atoms in total. The molecule has 15 heavy (non-hydrogen) atoms. The Morgan fingerprint density at radius 1 is 1.60 bits per heavy atom. The first-order valence-electron chi connectivity index (χ1n) is 4.90. The molecule has 0 saturated carbocycles. The molecule has 0 aliphatic rings. The highest BCUT2D eigenvalue weighted by Crippen LogP contribution is 2.12. The van der Waals surface area contributed by atoms with E-state index in [1.165, 1.54) is 5.56 Å². The van der Waals surface area contributed by atoms with Gasteiger partial charge in [0.15, 0.2) is 0 Å². The lowest BCUT2D eigenvalue weighted by Gasteiger charge is -2.21. The molecule has 1 atom stereocenters. The molecule has 0 saturated heterocycles. The van der Waals surface area contributed by atoms with Crippen molar-refractivity contribution in [1.82, 2.24) is 4.98 Å². The monoisotopic (exact) mass is 228 g/mol. The van der Waals surface area contributed by atoms with Crippen LogP contribution in [0.1, 0.15) is 5.56 Å². The predicted molar refractivity (Wildman–Crippen MR) is 63.8 cm³/mol. The van der Waals surface area contributed by atoms with Crippen LogP contribution in [0, 0.1) is 6.92 Å². The molecule has 0 fully saturated rings. The molecule has 1 rings (SSSR count). The molecule has 4 heteroatoms. The van der Waals surface area contributed by atoms with Gasteiger partial charge in [0.2, 0.25) is 0 Å². The first-order chi connectivity index (χ1) is 7.13. The molecule has 1 aromatic heterocycles. The maximum absolute atomic E-state index is 6.07. The second-order valence-corrected chi connectivity index (χ2v) is 4.24. The second kappa shape index (κ2) is 5.93. The summed E-state index contributed by atoms with van der Waals surface area (Å²) in [6, 6.07) is 4.01. The summed E-state index contributed by atoms with van der Waals surface area (Å²) in [6.45, 7) is 3.33. The molecular weight excluding hydrogens is 212 g/mol. The van der Waals surface area contributed by atoms with E-state index in [-0.39, 0.29) is 5.38 Å². The van der Waals surface area contributed by atoms with Gasteiger partial charge in [-0.2, -0.15) is 0 Å². The van der Waals surface area contributed by atoms with Crippen molar-refractivity contribution in [3.8, 4) is 0 Å². The molecule has 1 aromatic rings. The minimum absolute atomic E-state index is 0.0117. The van der Waals surface area contributed by atoms with E-state index in [0.717, 1.165) is 12.4 Å². The fourth-order valence-corrected chi connectivity index (χ4v) is 1.69. The third kappa shape index (κ3) is 4.06. The van der Waals surface area contributed by atoms with E-state index in [9.17, 15) is 0 Å². The van der Waals surface area contributed by atoms with Crippen molar-refractivity contribution < 1.29 is 4.74 Å². The van der Waals surface area contributed by atoms with Crippen LogP contribution in [0.2, 0.25) is 0 Å². The largest absolute Gasteiger partial charge is 0.383 e. The van der Waals surface area contributed by atoms with Crippen LogP contribution in [0.5, 0.6) is 0 Å².